The van der Waals surface area contributed by atoms with E-state index in [0.717, 1.165) is 13.0 Å². The van der Waals surface area contributed by atoms with E-state index in [1.807, 2.05) is 18.2 Å². The molecule has 1 aromatic carbocycles. The molecule has 1 fully saturated rings. The van der Waals surface area contributed by atoms with Crippen molar-refractivity contribution in [3.63, 3.8) is 0 Å². The lowest BCUT2D eigenvalue weighted by atomic mass is 10.1. The molecule has 0 aromatic heterocycles. The second-order valence-corrected chi connectivity index (χ2v) is 5.53. The molecule has 3 rings (SSSR count). The molecule has 116 valence electrons. The molecule has 6 heteroatoms. The largest absolute Gasteiger partial charge is 0.381 e. The predicted molar refractivity (Wildman–Crippen MR) is 82.5 cm³/mol. The van der Waals surface area contributed by atoms with Crippen molar-refractivity contribution in [2.75, 3.05) is 24.8 Å². The van der Waals surface area contributed by atoms with E-state index in [-0.39, 0.29) is 11.8 Å². The Morgan fingerprint density at radius 1 is 1.32 bits per heavy atom. The van der Waals surface area contributed by atoms with Gasteiger partial charge in [0.05, 0.1) is 12.3 Å². The van der Waals surface area contributed by atoms with Crippen LogP contribution in [0.4, 0.5) is 5.69 Å². The minimum absolute atomic E-state index is 0.0908. The number of anilines is 1. The zero-order valence-electron chi connectivity index (χ0n) is 12.3. The summed E-state index contributed by atoms with van der Waals surface area (Å²) < 4.78 is 5.29. The smallest absolute Gasteiger partial charge is 0.267 e. The average Bonchev–Trinajstić information content (AvgIpc) is 3.07. The number of amides is 2. The third kappa shape index (κ3) is 3.33. The van der Waals surface area contributed by atoms with Crippen LogP contribution < -0.4 is 10.3 Å². The van der Waals surface area contributed by atoms with Crippen molar-refractivity contribution in [3.8, 4) is 0 Å². The molecule has 0 unspecified atom stereocenters. The molecule has 6 nitrogen and oxygen atoms in total. The fourth-order valence-electron chi connectivity index (χ4n) is 2.57. The van der Waals surface area contributed by atoms with E-state index in [0.29, 0.717) is 43.3 Å². The summed E-state index contributed by atoms with van der Waals surface area (Å²) in [5.41, 5.74) is 1.09. The number of hydrazone groups is 1. The number of nitrogens with one attached hydrogen (secondary N) is 1. The number of benzene rings is 1. The summed E-state index contributed by atoms with van der Waals surface area (Å²) in [5.74, 6) is 0.0901. The van der Waals surface area contributed by atoms with Crippen molar-refractivity contribution < 1.29 is 14.3 Å². The van der Waals surface area contributed by atoms with Gasteiger partial charge in [0, 0.05) is 31.9 Å². The average molecular weight is 301 g/mol. The highest BCUT2D eigenvalue weighted by molar-refractivity contribution is 6.40. The maximum Gasteiger partial charge on any atom is 0.267 e. The van der Waals surface area contributed by atoms with Crippen molar-refractivity contribution in [1.29, 1.82) is 0 Å². The van der Waals surface area contributed by atoms with E-state index < -0.39 is 0 Å². The van der Waals surface area contributed by atoms with Gasteiger partial charge in [0.1, 0.15) is 5.71 Å². The van der Waals surface area contributed by atoms with Crippen LogP contribution in [0.3, 0.4) is 0 Å². The molecule has 2 aliphatic rings. The van der Waals surface area contributed by atoms with Crippen LogP contribution in [0.1, 0.15) is 19.3 Å². The summed E-state index contributed by atoms with van der Waals surface area (Å²) in [6.07, 6.45) is 1.66. The van der Waals surface area contributed by atoms with Gasteiger partial charge in [-0.15, -0.1) is 0 Å². The Morgan fingerprint density at radius 3 is 2.86 bits per heavy atom. The number of carbonyl (C=O) groups excluding carboxylic acids is 2. The first-order chi connectivity index (χ1) is 10.7. The maximum atomic E-state index is 12.2. The molecule has 0 radical (unpaired) electrons. The summed E-state index contributed by atoms with van der Waals surface area (Å²) in [6.45, 7) is 2.05. The molecule has 0 saturated carbocycles. The van der Waals surface area contributed by atoms with Gasteiger partial charge < -0.3 is 10.1 Å². The number of para-hydroxylation sites is 1. The monoisotopic (exact) mass is 301 g/mol. The number of nitrogens with zero attached hydrogens (tertiary/aromatic N) is 2. The summed E-state index contributed by atoms with van der Waals surface area (Å²) >= 11 is 0. The van der Waals surface area contributed by atoms with Gasteiger partial charge in [-0.25, -0.2) is 5.01 Å². The van der Waals surface area contributed by atoms with Crippen molar-refractivity contribution in [3.05, 3.63) is 30.3 Å². The van der Waals surface area contributed by atoms with E-state index in [9.17, 15) is 9.59 Å². The molecule has 0 bridgehead atoms. The van der Waals surface area contributed by atoms with Crippen LogP contribution in [-0.4, -0.2) is 37.3 Å². The topological polar surface area (TPSA) is 71.0 Å². The second-order valence-electron chi connectivity index (χ2n) is 5.53. The summed E-state index contributed by atoms with van der Waals surface area (Å²) in [7, 11) is 0. The van der Waals surface area contributed by atoms with Crippen molar-refractivity contribution in [2.24, 2.45) is 11.0 Å². The molecular formula is C16H19N3O3. The van der Waals surface area contributed by atoms with Gasteiger partial charge in [-0.05, 0) is 18.6 Å². The zero-order chi connectivity index (χ0) is 15.4. The Labute approximate surface area is 129 Å². The lowest BCUT2D eigenvalue weighted by Crippen LogP contribution is -2.40. The highest BCUT2D eigenvalue weighted by Gasteiger charge is 2.26. The first-order valence-corrected chi connectivity index (χ1v) is 7.55. The van der Waals surface area contributed by atoms with Crippen molar-refractivity contribution in [2.45, 2.75) is 19.3 Å². The molecule has 2 heterocycles. The molecule has 0 spiro atoms. The van der Waals surface area contributed by atoms with Gasteiger partial charge in [-0.1, -0.05) is 18.2 Å². The minimum Gasteiger partial charge on any atom is -0.381 e. The van der Waals surface area contributed by atoms with Crippen molar-refractivity contribution >= 4 is 23.2 Å². The van der Waals surface area contributed by atoms with Crippen LogP contribution in [-0.2, 0) is 14.3 Å². The van der Waals surface area contributed by atoms with Crippen LogP contribution in [0.25, 0.3) is 0 Å². The Kier molecular flexibility index (Phi) is 4.48. The number of carbonyl (C=O) groups is 2. The number of ether oxygens (including phenoxy) is 1. The van der Waals surface area contributed by atoms with Crippen LogP contribution >= 0.6 is 0 Å². The van der Waals surface area contributed by atoms with Gasteiger partial charge in [0.25, 0.3) is 5.91 Å². The lowest BCUT2D eigenvalue weighted by molar-refractivity contribution is -0.119. The van der Waals surface area contributed by atoms with E-state index in [2.05, 4.69) is 10.4 Å². The first-order valence-electron chi connectivity index (χ1n) is 7.55. The van der Waals surface area contributed by atoms with Crippen molar-refractivity contribution in [1.82, 2.24) is 5.32 Å². The normalized spacial score (nSPS) is 21.6. The molecule has 1 atom stereocenters. The summed E-state index contributed by atoms with van der Waals surface area (Å²) in [6, 6.07) is 9.16. The van der Waals surface area contributed by atoms with E-state index in [1.165, 1.54) is 5.01 Å². The van der Waals surface area contributed by atoms with E-state index in [4.69, 9.17) is 4.74 Å². The highest BCUT2D eigenvalue weighted by atomic mass is 16.5. The fourth-order valence-corrected chi connectivity index (χ4v) is 2.57. The predicted octanol–water partition coefficient (Wildman–Crippen LogP) is 1.32. The van der Waals surface area contributed by atoms with Gasteiger partial charge in [0.2, 0.25) is 5.91 Å². The molecule has 1 aromatic rings. The van der Waals surface area contributed by atoms with Crippen LogP contribution in [0, 0.1) is 5.92 Å². The quantitative estimate of drug-likeness (QED) is 0.912. The van der Waals surface area contributed by atoms with Crippen LogP contribution in [0.2, 0.25) is 0 Å². The van der Waals surface area contributed by atoms with Gasteiger partial charge in [0.15, 0.2) is 0 Å². The minimum atomic E-state index is -0.194. The number of hydrogen-bond donors (Lipinski definition) is 1. The molecule has 2 amide bonds. The van der Waals surface area contributed by atoms with Crippen LogP contribution in [0.5, 0.6) is 0 Å². The molecular weight excluding hydrogens is 282 g/mol. The summed E-state index contributed by atoms with van der Waals surface area (Å²) in [4.78, 5) is 24.2. The standard InChI is InChI=1S/C16H19N3O3/c20-15-7-6-14(16(21)17-10-12-8-9-22-11-12)18-19(15)13-4-2-1-3-5-13/h1-5,12H,6-11H2,(H,17,21)/t12-/m0/s1. The maximum absolute atomic E-state index is 12.2. The molecule has 1 N–H and O–H groups in total. The Morgan fingerprint density at radius 2 is 2.14 bits per heavy atom. The second kappa shape index (κ2) is 6.70. The van der Waals surface area contributed by atoms with Crippen LogP contribution in [0.15, 0.2) is 35.4 Å². The Balaban J connectivity index is 1.67. The third-order valence-corrected chi connectivity index (χ3v) is 3.87. The third-order valence-electron chi connectivity index (χ3n) is 3.87. The zero-order valence-corrected chi connectivity index (χ0v) is 12.3. The Bertz CT molecular complexity index is 580. The first kappa shape index (κ1) is 14.7. The van der Waals surface area contributed by atoms with E-state index in [1.54, 1.807) is 12.1 Å². The van der Waals surface area contributed by atoms with Gasteiger partial charge in [-0.3, -0.25) is 9.59 Å². The fraction of sp³-hybridized carbons (Fsp3) is 0.438. The SMILES string of the molecule is O=C(NC[C@@H]1CCOC1)C1=NN(c2ccccc2)C(=O)CC1. The van der Waals surface area contributed by atoms with Gasteiger partial charge >= 0.3 is 0 Å². The molecule has 1 saturated heterocycles. The van der Waals surface area contributed by atoms with E-state index >= 15 is 0 Å². The molecule has 2 aliphatic heterocycles. The molecule has 0 aliphatic carbocycles. The number of rotatable bonds is 4. The Hall–Kier alpha value is -2.21. The number of hydrogen-bond acceptors (Lipinski definition) is 4. The summed E-state index contributed by atoms with van der Waals surface area (Å²) in [5, 5.41) is 8.45. The highest BCUT2D eigenvalue weighted by Crippen LogP contribution is 2.19. The molecule has 22 heavy (non-hydrogen) atoms. The lowest BCUT2D eigenvalue weighted by Gasteiger charge is -2.23. The van der Waals surface area contributed by atoms with Gasteiger partial charge in [-0.2, -0.15) is 5.10 Å².